The molecule has 2 fully saturated rings. The summed E-state index contributed by atoms with van der Waals surface area (Å²) in [5.74, 6) is -3.82. The van der Waals surface area contributed by atoms with Crippen LogP contribution in [0.2, 0.25) is 0 Å². The summed E-state index contributed by atoms with van der Waals surface area (Å²) < 4.78 is 61.5. The van der Waals surface area contributed by atoms with Gasteiger partial charge in [-0.25, -0.2) is 22.0 Å². The van der Waals surface area contributed by atoms with E-state index < -0.39 is 39.4 Å². The Morgan fingerprint density at radius 2 is 1.30 bits per heavy atom. The number of halogens is 4. The molecular weight excluding hydrogens is 464 g/mol. The molecule has 2 atom stereocenters. The molecule has 0 bridgehead atoms. The zero-order chi connectivity index (χ0) is 22.9. The monoisotopic (exact) mass is 489 g/mol. The molecule has 1 aliphatic carbocycles. The molecule has 7 heteroatoms. The van der Waals surface area contributed by atoms with Crippen molar-refractivity contribution in [2.24, 2.45) is 0 Å². The van der Waals surface area contributed by atoms with Crippen LogP contribution in [0.25, 0.3) is 0 Å². The molecule has 1 aliphatic heterocycles. The Morgan fingerprint density at radius 1 is 0.697 bits per heavy atom. The lowest BCUT2D eigenvalue weighted by molar-refractivity contribution is 0.314. The van der Waals surface area contributed by atoms with Crippen molar-refractivity contribution in [3.63, 3.8) is 0 Å². The van der Waals surface area contributed by atoms with E-state index in [-0.39, 0.29) is 22.3 Å². The molecule has 1 saturated carbocycles. The van der Waals surface area contributed by atoms with E-state index in [9.17, 15) is 8.78 Å². The molecule has 0 spiro atoms. The Bertz CT molecular complexity index is 1070. The van der Waals surface area contributed by atoms with Crippen molar-refractivity contribution in [2.75, 3.05) is 6.16 Å². The van der Waals surface area contributed by atoms with Gasteiger partial charge in [-0.15, -0.1) is 0 Å². The van der Waals surface area contributed by atoms with E-state index in [1.54, 1.807) is 12.1 Å². The second kappa shape index (κ2) is 9.82. The molecule has 1 saturated heterocycles. The molecule has 0 radical (unpaired) electrons. The molecule has 2 unspecified atom stereocenters. The van der Waals surface area contributed by atoms with Crippen LogP contribution in [-0.2, 0) is 0 Å². The van der Waals surface area contributed by atoms with Crippen molar-refractivity contribution in [2.45, 2.75) is 43.8 Å². The van der Waals surface area contributed by atoms with Gasteiger partial charge in [0.25, 0.3) is 0 Å². The maximum absolute atomic E-state index is 15.2. The van der Waals surface area contributed by atoms with Gasteiger partial charge < -0.3 is 0 Å². The third-order valence-corrected chi connectivity index (χ3v) is 13.1. The first-order chi connectivity index (χ1) is 16.1. The highest BCUT2D eigenvalue weighted by molar-refractivity contribution is 7.79. The van der Waals surface area contributed by atoms with Crippen LogP contribution in [-0.4, -0.2) is 16.6 Å². The Hall–Kier alpha value is -1.80. The van der Waals surface area contributed by atoms with E-state index in [0.29, 0.717) is 0 Å². The third-order valence-electron chi connectivity index (χ3n) is 6.60. The van der Waals surface area contributed by atoms with Crippen LogP contribution in [0.5, 0.6) is 0 Å². The van der Waals surface area contributed by atoms with E-state index in [1.807, 2.05) is 18.2 Å². The van der Waals surface area contributed by atoms with Crippen molar-refractivity contribution < 1.29 is 17.6 Å². The second-order valence-corrected chi connectivity index (χ2v) is 13.3. The average Bonchev–Trinajstić information content (AvgIpc) is 3.27. The van der Waals surface area contributed by atoms with E-state index >= 15 is 8.78 Å². The highest BCUT2D eigenvalue weighted by Gasteiger charge is 2.44. The van der Waals surface area contributed by atoms with Crippen molar-refractivity contribution in [3.05, 3.63) is 95.6 Å². The first kappa shape index (κ1) is 23.0. The van der Waals surface area contributed by atoms with Crippen LogP contribution >= 0.6 is 16.1 Å². The summed E-state index contributed by atoms with van der Waals surface area (Å²) in [6.07, 6.45) is 5.94. The summed E-state index contributed by atoms with van der Waals surface area (Å²) in [7, 11) is -2.57. The molecule has 5 rings (SSSR count). The standard InChI is InChI=1S/C26H25F4NP2/c27-20-12-5-14-23(25(20)29)33(24-15-6-13-21(28)26(24)30)31(19-10-4-11-19)32-17-7-16-22(32)18-8-2-1-3-9-18/h1-3,5-6,8-9,12-15,19,22H,4,7,10-11,16-17H2. The average molecular weight is 489 g/mol. The van der Waals surface area contributed by atoms with Crippen LogP contribution in [0.3, 0.4) is 0 Å². The number of benzene rings is 3. The van der Waals surface area contributed by atoms with Crippen LogP contribution in [0, 0.1) is 23.3 Å². The largest absolute Gasteiger partial charge is 0.249 e. The summed E-state index contributed by atoms with van der Waals surface area (Å²) in [4.78, 5) is 0. The van der Waals surface area contributed by atoms with Gasteiger partial charge in [0.1, 0.15) is 0 Å². The van der Waals surface area contributed by atoms with Crippen LogP contribution in [0.15, 0.2) is 66.7 Å². The molecule has 0 aromatic heterocycles. The van der Waals surface area contributed by atoms with E-state index in [0.717, 1.165) is 50.4 Å². The first-order valence-electron chi connectivity index (χ1n) is 11.3. The van der Waals surface area contributed by atoms with E-state index in [2.05, 4.69) is 16.6 Å². The van der Waals surface area contributed by atoms with Crippen molar-refractivity contribution in [1.82, 2.24) is 4.44 Å². The Morgan fingerprint density at radius 3 is 1.85 bits per heavy atom. The van der Waals surface area contributed by atoms with Crippen LogP contribution in [0.1, 0.15) is 43.3 Å². The number of rotatable bonds is 6. The minimum Gasteiger partial charge on any atom is -0.249 e. The van der Waals surface area contributed by atoms with Gasteiger partial charge in [0.2, 0.25) is 0 Å². The molecular formula is C26H25F4NP2. The van der Waals surface area contributed by atoms with Gasteiger partial charge in [-0.05, 0) is 69.7 Å². The molecule has 172 valence electrons. The van der Waals surface area contributed by atoms with Gasteiger partial charge in [-0.2, -0.15) is 0 Å². The minimum atomic E-state index is -1.78. The maximum Gasteiger partial charge on any atom is 0.168 e. The summed E-state index contributed by atoms with van der Waals surface area (Å²) in [5, 5.41) is 0.283. The summed E-state index contributed by atoms with van der Waals surface area (Å²) in [6.45, 7) is 0. The lowest BCUT2D eigenvalue weighted by atomic mass is 9.94. The van der Waals surface area contributed by atoms with Crippen molar-refractivity contribution >= 4 is 26.8 Å². The number of hydrogen-bond acceptors (Lipinski definition) is 1. The Kier molecular flexibility index (Phi) is 6.84. The molecule has 1 nitrogen and oxygen atoms in total. The molecule has 1 heterocycles. The predicted octanol–water partition coefficient (Wildman–Crippen LogP) is 7.38. The summed E-state index contributed by atoms with van der Waals surface area (Å²) in [6, 6.07) is 18.6. The number of nitrogens with zero attached hydrogens (tertiary/aromatic N) is 1. The van der Waals surface area contributed by atoms with E-state index in [4.69, 9.17) is 0 Å². The normalized spacial score (nSPS) is 21.0. The minimum absolute atomic E-state index is 0.141. The Balaban J connectivity index is 1.68. The van der Waals surface area contributed by atoms with Gasteiger partial charge in [0.15, 0.2) is 23.3 Å². The smallest absolute Gasteiger partial charge is 0.168 e. The van der Waals surface area contributed by atoms with Crippen molar-refractivity contribution in [1.29, 1.82) is 0 Å². The topological polar surface area (TPSA) is 3.24 Å². The van der Waals surface area contributed by atoms with Gasteiger partial charge in [0, 0.05) is 30.4 Å². The second-order valence-electron chi connectivity index (χ2n) is 8.59. The van der Waals surface area contributed by atoms with E-state index in [1.165, 1.54) is 17.7 Å². The SMILES string of the molecule is Fc1cccc(P(c2cccc(F)c2F)N(C2CCC2)P2CCCC2c2ccccc2)c1F. The predicted molar refractivity (Wildman–Crippen MR) is 129 cm³/mol. The fourth-order valence-corrected chi connectivity index (χ4v) is 12.2. The van der Waals surface area contributed by atoms with Gasteiger partial charge in [0.05, 0.1) is 0 Å². The molecule has 3 aromatic carbocycles. The fraction of sp³-hybridized carbons (Fsp3) is 0.308. The van der Waals surface area contributed by atoms with Crippen LogP contribution in [0.4, 0.5) is 17.6 Å². The van der Waals surface area contributed by atoms with Crippen LogP contribution < -0.4 is 10.6 Å². The zero-order valence-electron chi connectivity index (χ0n) is 18.1. The molecule has 2 aliphatic rings. The zero-order valence-corrected chi connectivity index (χ0v) is 19.9. The van der Waals surface area contributed by atoms with Gasteiger partial charge >= 0.3 is 0 Å². The number of hydrogen-bond donors (Lipinski definition) is 0. The molecule has 0 N–H and O–H groups in total. The Labute approximate surface area is 194 Å². The van der Waals surface area contributed by atoms with Crippen molar-refractivity contribution in [3.8, 4) is 0 Å². The molecule has 0 amide bonds. The fourth-order valence-electron chi connectivity index (χ4n) is 4.78. The first-order valence-corrected chi connectivity index (χ1v) is 14.2. The highest BCUT2D eigenvalue weighted by Crippen LogP contribution is 2.70. The molecule has 3 aromatic rings. The van der Waals surface area contributed by atoms with Gasteiger partial charge in [-0.3, -0.25) is 0 Å². The quantitative estimate of drug-likeness (QED) is 0.258. The third kappa shape index (κ3) is 4.36. The highest BCUT2D eigenvalue weighted by atomic mass is 31.2. The summed E-state index contributed by atoms with van der Waals surface area (Å²) in [5.41, 5.74) is 1.51. The molecule has 33 heavy (non-hydrogen) atoms. The lowest BCUT2D eigenvalue weighted by Gasteiger charge is -2.48. The maximum atomic E-state index is 15.2. The summed E-state index contributed by atoms with van der Waals surface area (Å²) >= 11 is 0. The lowest BCUT2D eigenvalue weighted by Crippen LogP contribution is -2.40. The van der Waals surface area contributed by atoms with Gasteiger partial charge in [-0.1, -0.05) is 48.9 Å².